The maximum absolute atomic E-state index is 13.4. The van der Waals surface area contributed by atoms with Gasteiger partial charge < -0.3 is 0 Å². The van der Waals surface area contributed by atoms with E-state index in [1.54, 1.807) is 12.1 Å². The van der Waals surface area contributed by atoms with Crippen molar-refractivity contribution < 1.29 is 4.39 Å². The molecule has 0 N–H and O–H groups in total. The Bertz CT molecular complexity index is 1130. The third kappa shape index (κ3) is 2.66. The van der Waals surface area contributed by atoms with Gasteiger partial charge in [0.05, 0.1) is 29.5 Å². The van der Waals surface area contributed by atoms with Crippen LogP contribution in [0.4, 0.5) is 4.39 Å². The molecule has 6 nitrogen and oxygen atoms in total. The molecule has 0 atom stereocenters. The highest BCUT2D eigenvalue weighted by atomic mass is 19.1. The molecule has 0 aliphatic heterocycles. The first-order chi connectivity index (χ1) is 12.9. The Balaban J connectivity index is 2.02. The lowest BCUT2D eigenvalue weighted by molar-refractivity contribution is 0.627. The van der Waals surface area contributed by atoms with Gasteiger partial charge in [-0.25, -0.2) is 9.07 Å². The molecule has 3 aromatic heterocycles. The van der Waals surface area contributed by atoms with Crippen molar-refractivity contribution in [2.24, 2.45) is 14.1 Å². The summed E-state index contributed by atoms with van der Waals surface area (Å²) in [5.41, 5.74) is 7.70. The van der Waals surface area contributed by atoms with Gasteiger partial charge in [0, 0.05) is 42.2 Å². The summed E-state index contributed by atoms with van der Waals surface area (Å²) in [6.07, 6.45) is 3.68. The molecule has 0 unspecified atom stereocenters. The number of hydrogen-bond donors (Lipinski definition) is 0. The summed E-state index contributed by atoms with van der Waals surface area (Å²) >= 11 is 0. The highest BCUT2D eigenvalue weighted by Crippen LogP contribution is 2.35. The highest BCUT2D eigenvalue weighted by molar-refractivity contribution is 5.77. The number of rotatable bonds is 3. The average molecular weight is 364 g/mol. The second-order valence-electron chi connectivity index (χ2n) is 6.74. The molecule has 0 saturated heterocycles. The monoisotopic (exact) mass is 364 g/mol. The van der Waals surface area contributed by atoms with Crippen LogP contribution in [0.5, 0.6) is 0 Å². The number of aryl methyl sites for hydroxylation is 2. The predicted octanol–water partition coefficient (Wildman–Crippen LogP) is 3.74. The summed E-state index contributed by atoms with van der Waals surface area (Å²) in [7, 11) is 3.83. The Hall–Kier alpha value is -3.22. The number of hydrogen-bond acceptors (Lipinski definition) is 3. The van der Waals surface area contributed by atoms with Crippen LogP contribution in [-0.4, -0.2) is 29.3 Å². The summed E-state index contributed by atoms with van der Waals surface area (Å²) in [5.74, 6) is -0.273. The van der Waals surface area contributed by atoms with Crippen LogP contribution in [0.2, 0.25) is 0 Å². The fourth-order valence-corrected chi connectivity index (χ4v) is 3.30. The van der Waals surface area contributed by atoms with Gasteiger partial charge in [0.2, 0.25) is 0 Å². The van der Waals surface area contributed by atoms with Crippen molar-refractivity contribution in [3.8, 4) is 28.2 Å². The van der Waals surface area contributed by atoms with Crippen LogP contribution in [0.3, 0.4) is 0 Å². The lowest BCUT2D eigenvalue weighted by Crippen LogP contribution is -2.01. The van der Waals surface area contributed by atoms with E-state index in [2.05, 4.69) is 17.1 Å². The van der Waals surface area contributed by atoms with Crippen LogP contribution in [-0.2, 0) is 14.1 Å². The van der Waals surface area contributed by atoms with Crippen LogP contribution in [0.1, 0.15) is 17.0 Å². The summed E-state index contributed by atoms with van der Waals surface area (Å²) in [5, 5.41) is 13.6. The second kappa shape index (κ2) is 6.19. The van der Waals surface area contributed by atoms with Crippen molar-refractivity contribution in [3.05, 3.63) is 59.4 Å². The zero-order valence-corrected chi connectivity index (χ0v) is 16.0. The van der Waals surface area contributed by atoms with Gasteiger partial charge in [0.1, 0.15) is 5.82 Å². The van der Waals surface area contributed by atoms with Crippen LogP contribution >= 0.6 is 0 Å². The van der Waals surface area contributed by atoms with Gasteiger partial charge in [0.15, 0.2) is 0 Å². The van der Waals surface area contributed by atoms with Crippen LogP contribution < -0.4 is 0 Å². The smallest absolute Gasteiger partial charge is 0.123 e. The van der Waals surface area contributed by atoms with Crippen LogP contribution in [0.25, 0.3) is 28.2 Å². The molecule has 4 rings (SSSR count). The number of aromatic nitrogens is 6. The van der Waals surface area contributed by atoms with Crippen molar-refractivity contribution in [2.75, 3.05) is 0 Å². The van der Waals surface area contributed by atoms with E-state index in [0.29, 0.717) is 0 Å². The fraction of sp³-hybridized carbons (Fsp3) is 0.250. The van der Waals surface area contributed by atoms with Gasteiger partial charge in [-0.2, -0.15) is 15.3 Å². The van der Waals surface area contributed by atoms with Crippen molar-refractivity contribution in [3.63, 3.8) is 0 Å². The molecule has 7 heteroatoms. The van der Waals surface area contributed by atoms with Crippen molar-refractivity contribution in [1.29, 1.82) is 0 Å². The average Bonchev–Trinajstić information content (AvgIpc) is 3.27. The zero-order chi connectivity index (χ0) is 19.3. The fourth-order valence-electron chi connectivity index (χ4n) is 3.30. The van der Waals surface area contributed by atoms with Gasteiger partial charge in [-0.3, -0.25) is 9.36 Å². The molecule has 3 heterocycles. The molecule has 0 radical (unpaired) electrons. The van der Waals surface area contributed by atoms with Gasteiger partial charge in [-0.15, -0.1) is 0 Å². The molecule has 0 aliphatic carbocycles. The zero-order valence-electron chi connectivity index (χ0n) is 16.0. The molecule has 138 valence electrons. The van der Waals surface area contributed by atoms with Gasteiger partial charge in [0.25, 0.3) is 0 Å². The first-order valence-electron chi connectivity index (χ1n) is 8.72. The van der Waals surface area contributed by atoms with E-state index < -0.39 is 0 Å². The molecular formula is C20H21FN6. The summed E-state index contributed by atoms with van der Waals surface area (Å²) in [4.78, 5) is 0. The molecule has 27 heavy (non-hydrogen) atoms. The highest BCUT2D eigenvalue weighted by Gasteiger charge is 2.23. The maximum Gasteiger partial charge on any atom is 0.123 e. The van der Waals surface area contributed by atoms with Gasteiger partial charge in [-0.1, -0.05) is 0 Å². The van der Waals surface area contributed by atoms with E-state index in [1.165, 1.54) is 12.1 Å². The lowest BCUT2D eigenvalue weighted by Gasteiger charge is -2.08. The van der Waals surface area contributed by atoms with Crippen molar-refractivity contribution in [2.45, 2.75) is 20.8 Å². The quantitative estimate of drug-likeness (QED) is 0.556. The van der Waals surface area contributed by atoms with E-state index in [9.17, 15) is 4.39 Å². The Labute approximate surface area is 156 Å². The minimum atomic E-state index is -0.273. The molecule has 0 bridgehead atoms. The molecule has 4 aromatic rings. The summed E-state index contributed by atoms with van der Waals surface area (Å²) < 4.78 is 19.0. The second-order valence-corrected chi connectivity index (χ2v) is 6.74. The molecular weight excluding hydrogens is 343 g/mol. The van der Waals surface area contributed by atoms with E-state index >= 15 is 0 Å². The lowest BCUT2D eigenvalue weighted by atomic mass is 10.0. The molecule has 0 fully saturated rings. The van der Waals surface area contributed by atoms with E-state index in [1.807, 2.05) is 54.4 Å². The predicted molar refractivity (Wildman–Crippen MR) is 102 cm³/mol. The Kier molecular flexibility index (Phi) is 3.95. The summed E-state index contributed by atoms with van der Waals surface area (Å²) in [6, 6.07) is 6.36. The first-order valence-corrected chi connectivity index (χ1v) is 8.72. The third-order valence-corrected chi connectivity index (χ3v) is 5.17. The van der Waals surface area contributed by atoms with Gasteiger partial charge >= 0.3 is 0 Å². The van der Waals surface area contributed by atoms with Crippen LogP contribution in [0.15, 0.2) is 36.7 Å². The first kappa shape index (κ1) is 17.2. The van der Waals surface area contributed by atoms with E-state index in [-0.39, 0.29) is 5.82 Å². The molecule has 1 aromatic carbocycles. The molecule has 0 aliphatic rings. The molecule has 0 saturated carbocycles. The standard InChI is InChI=1S/C20H21FN6/c1-12-19(17-10-22-25(4)13(17)2)24-27(16-8-6-15(21)7-9-16)20(12)18-11-23-26(5)14(18)3/h6-11H,1-5H3. The number of halogens is 1. The maximum atomic E-state index is 13.4. The molecule has 0 amide bonds. The minimum absolute atomic E-state index is 0.273. The normalized spacial score (nSPS) is 11.3. The Morgan fingerprint density at radius 1 is 0.815 bits per heavy atom. The van der Waals surface area contributed by atoms with Gasteiger partial charge in [-0.05, 0) is 45.0 Å². The minimum Gasteiger partial charge on any atom is -0.272 e. The largest absolute Gasteiger partial charge is 0.272 e. The van der Waals surface area contributed by atoms with Crippen LogP contribution in [0, 0.1) is 26.6 Å². The third-order valence-electron chi connectivity index (χ3n) is 5.17. The topological polar surface area (TPSA) is 53.5 Å². The Morgan fingerprint density at radius 2 is 1.37 bits per heavy atom. The number of benzene rings is 1. The number of nitrogens with zero attached hydrogens (tertiary/aromatic N) is 6. The Morgan fingerprint density at radius 3 is 1.89 bits per heavy atom. The SMILES string of the molecule is Cc1c(-c2cnn(C)c2C)nn(-c2ccc(F)cc2)c1-c1cnn(C)c1C. The molecule has 0 spiro atoms. The van der Waals surface area contributed by atoms with Crippen molar-refractivity contribution >= 4 is 0 Å². The van der Waals surface area contributed by atoms with E-state index in [0.717, 1.165) is 45.2 Å². The summed E-state index contributed by atoms with van der Waals surface area (Å²) in [6.45, 7) is 6.10. The van der Waals surface area contributed by atoms with E-state index in [4.69, 9.17) is 5.10 Å². The van der Waals surface area contributed by atoms with Crippen molar-refractivity contribution in [1.82, 2.24) is 29.3 Å².